The molecule has 0 aliphatic carbocycles. The molecule has 4 heteroatoms. The lowest BCUT2D eigenvalue weighted by atomic mass is 10.4. The van der Waals surface area contributed by atoms with Gasteiger partial charge < -0.3 is 10.0 Å². The highest BCUT2D eigenvalue weighted by molar-refractivity contribution is 8.00. The molecule has 0 aliphatic heterocycles. The van der Waals surface area contributed by atoms with E-state index in [-0.39, 0.29) is 17.8 Å². The number of rotatable bonds is 5. The number of hydrogen-bond donors (Lipinski definition) is 1. The van der Waals surface area contributed by atoms with Gasteiger partial charge in [0.05, 0.1) is 11.9 Å². The summed E-state index contributed by atoms with van der Waals surface area (Å²) in [5.41, 5.74) is 0. The number of thioether (sulfide) groups is 1. The van der Waals surface area contributed by atoms with E-state index < -0.39 is 0 Å². The maximum Gasteiger partial charge on any atom is 0.235 e. The fourth-order valence-corrected chi connectivity index (χ4v) is 2.33. The summed E-state index contributed by atoms with van der Waals surface area (Å²) in [6.45, 7) is 2.28. The number of benzene rings is 1. The number of carbonyl (C=O) groups excluding carboxylic acids is 1. The monoisotopic (exact) mass is 239 g/mol. The van der Waals surface area contributed by atoms with Gasteiger partial charge in [-0.05, 0) is 19.1 Å². The fourth-order valence-electron chi connectivity index (χ4n) is 1.32. The summed E-state index contributed by atoms with van der Waals surface area (Å²) in [5.74, 6) is 0.0444. The molecule has 1 N–H and O–H groups in total. The zero-order valence-corrected chi connectivity index (χ0v) is 10.4. The topological polar surface area (TPSA) is 40.5 Å². The molecule has 16 heavy (non-hydrogen) atoms. The number of nitrogens with zero attached hydrogens (tertiary/aromatic N) is 1. The van der Waals surface area contributed by atoms with E-state index >= 15 is 0 Å². The molecule has 1 aromatic carbocycles. The first kappa shape index (κ1) is 13.1. The highest BCUT2D eigenvalue weighted by Crippen LogP contribution is 2.23. The molecule has 0 spiro atoms. The maximum atomic E-state index is 11.8. The van der Waals surface area contributed by atoms with Crippen molar-refractivity contribution in [3.8, 4) is 0 Å². The molecule has 1 rings (SSSR count). The Morgan fingerprint density at radius 2 is 2.06 bits per heavy atom. The average Bonchev–Trinajstić information content (AvgIpc) is 2.29. The number of carbonyl (C=O) groups is 1. The van der Waals surface area contributed by atoms with Crippen LogP contribution in [-0.4, -0.2) is 41.4 Å². The van der Waals surface area contributed by atoms with E-state index in [1.807, 2.05) is 37.3 Å². The first-order valence-electron chi connectivity index (χ1n) is 5.22. The van der Waals surface area contributed by atoms with Gasteiger partial charge in [-0.1, -0.05) is 18.2 Å². The normalized spacial score (nSPS) is 12.2. The Kier molecular flexibility index (Phi) is 5.35. The molecule has 0 bridgehead atoms. The van der Waals surface area contributed by atoms with Crippen LogP contribution in [-0.2, 0) is 4.79 Å². The van der Waals surface area contributed by atoms with Crippen molar-refractivity contribution in [2.45, 2.75) is 17.1 Å². The molecule has 1 aromatic rings. The lowest BCUT2D eigenvalue weighted by Gasteiger charge is -2.20. The molecule has 1 atom stereocenters. The zero-order valence-electron chi connectivity index (χ0n) is 9.59. The minimum Gasteiger partial charge on any atom is -0.395 e. The van der Waals surface area contributed by atoms with Crippen LogP contribution in [0.25, 0.3) is 0 Å². The minimum atomic E-state index is -0.126. The third-order valence-electron chi connectivity index (χ3n) is 2.22. The van der Waals surface area contributed by atoms with Gasteiger partial charge in [0.2, 0.25) is 5.91 Å². The molecule has 0 radical (unpaired) electrons. The molecular formula is C12H17NO2S. The summed E-state index contributed by atoms with van der Waals surface area (Å²) in [5, 5.41) is 8.63. The Morgan fingerprint density at radius 1 is 1.44 bits per heavy atom. The molecule has 0 heterocycles. The van der Waals surface area contributed by atoms with E-state index in [4.69, 9.17) is 5.11 Å². The fraction of sp³-hybridized carbons (Fsp3) is 0.417. The summed E-state index contributed by atoms with van der Waals surface area (Å²) < 4.78 is 0. The largest absolute Gasteiger partial charge is 0.395 e. The molecule has 1 amide bonds. The first-order valence-corrected chi connectivity index (χ1v) is 6.10. The number of likely N-dealkylation sites (N-methyl/N-ethyl adjacent to an activating group) is 1. The molecule has 0 fully saturated rings. The number of aliphatic hydroxyl groups is 1. The second-order valence-electron chi connectivity index (χ2n) is 3.56. The van der Waals surface area contributed by atoms with Gasteiger partial charge in [-0.15, -0.1) is 11.8 Å². The molecule has 0 saturated heterocycles. The van der Waals surface area contributed by atoms with Gasteiger partial charge in [0.15, 0.2) is 0 Å². The van der Waals surface area contributed by atoms with Crippen molar-refractivity contribution >= 4 is 17.7 Å². The predicted octanol–water partition coefficient (Wildman–Crippen LogP) is 1.62. The van der Waals surface area contributed by atoms with E-state index in [9.17, 15) is 4.79 Å². The SMILES string of the molecule is CC(Sc1ccccc1)C(=O)N(C)CCO. The van der Waals surface area contributed by atoms with Crippen LogP contribution in [0, 0.1) is 0 Å². The van der Waals surface area contributed by atoms with Gasteiger partial charge in [0, 0.05) is 18.5 Å². The third-order valence-corrected chi connectivity index (χ3v) is 3.31. The Balaban J connectivity index is 2.52. The van der Waals surface area contributed by atoms with Crippen LogP contribution in [0.3, 0.4) is 0 Å². The summed E-state index contributed by atoms with van der Waals surface area (Å²) in [4.78, 5) is 14.5. The summed E-state index contributed by atoms with van der Waals surface area (Å²) in [7, 11) is 1.71. The lowest BCUT2D eigenvalue weighted by Crippen LogP contribution is -2.35. The first-order chi connectivity index (χ1) is 7.65. The molecule has 0 saturated carbocycles. The average molecular weight is 239 g/mol. The second-order valence-corrected chi connectivity index (χ2v) is 4.97. The summed E-state index contributed by atoms with van der Waals surface area (Å²) in [6.07, 6.45) is 0. The standard InChI is InChI=1S/C12H17NO2S/c1-10(12(15)13(2)8-9-14)16-11-6-4-3-5-7-11/h3-7,10,14H,8-9H2,1-2H3. The van der Waals surface area contributed by atoms with Gasteiger partial charge in [-0.2, -0.15) is 0 Å². The smallest absolute Gasteiger partial charge is 0.235 e. The number of aliphatic hydroxyl groups excluding tert-OH is 1. The summed E-state index contributed by atoms with van der Waals surface area (Å²) >= 11 is 1.53. The third kappa shape index (κ3) is 3.87. The Labute approximate surface area is 100 Å². The Hall–Kier alpha value is -1.00. The predicted molar refractivity (Wildman–Crippen MR) is 66.5 cm³/mol. The van der Waals surface area contributed by atoms with Crippen molar-refractivity contribution < 1.29 is 9.90 Å². The van der Waals surface area contributed by atoms with E-state index in [1.165, 1.54) is 11.8 Å². The molecule has 1 unspecified atom stereocenters. The van der Waals surface area contributed by atoms with Crippen LogP contribution in [0.15, 0.2) is 35.2 Å². The van der Waals surface area contributed by atoms with E-state index in [0.717, 1.165) is 4.90 Å². The van der Waals surface area contributed by atoms with Crippen molar-refractivity contribution in [1.82, 2.24) is 4.90 Å². The van der Waals surface area contributed by atoms with Gasteiger partial charge in [0.1, 0.15) is 0 Å². The van der Waals surface area contributed by atoms with Crippen molar-refractivity contribution in [2.75, 3.05) is 20.2 Å². The Bertz CT molecular complexity index is 329. The van der Waals surface area contributed by atoms with Crippen LogP contribution >= 0.6 is 11.8 Å². The molecule has 88 valence electrons. The highest BCUT2D eigenvalue weighted by Gasteiger charge is 2.17. The van der Waals surface area contributed by atoms with Crippen molar-refractivity contribution in [3.63, 3.8) is 0 Å². The van der Waals surface area contributed by atoms with Gasteiger partial charge in [-0.3, -0.25) is 4.79 Å². The van der Waals surface area contributed by atoms with Crippen LogP contribution < -0.4 is 0 Å². The van der Waals surface area contributed by atoms with Crippen molar-refractivity contribution in [2.24, 2.45) is 0 Å². The van der Waals surface area contributed by atoms with Crippen LogP contribution in [0.2, 0.25) is 0 Å². The number of amides is 1. The Morgan fingerprint density at radius 3 is 2.62 bits per heavy atom. The van der Waals surface area contributed by atoms with Crippen molar-refractivity contribution in [3.05, 3.63) is 30.3 Å². The zero-order chi connectivity index (χ0) is 12.0. The molecule has 3 nitrogen and oxygen atoms in total. The van der Waals surface area contributed by atoms with Crippen molar-refractivity contribution in [1.29, 1.82) is 0 Å². The van der Waals surface area contributed by atoms with E-state index in [2.05, 4.69) is 0 Å². The van der Waals surface area contributed by atoms with E-state index in [0.29, 0.717) is 6.54 Å². The molecular weight excluding hydrogens is 222 g/mol. The molecule has 0 aliphatic rings. The highest BCUT2D eigenvalue weighted by atomic mass is 32.2. The minimum absolute atomic E-state index is 0.00492. The van der Waals surface area contributed by atoms with Gasteiger partial charge in [-0.25, -0.2) is 0 Å². The quantitative estimate of drug-likeness (QED) is 0.794. The van der Waals surface area contributed by atoms with Gasteiger partial charge >= 0.3 is 0 Å². The van der Waals surface area contributed by atoms with Crippen LogP contribution in [0.1, 0.15) is 6.92 Å². The second kappa shape index (κ2) is 6.55. The maximum absolute atomic E-state index is 11.8. The number of hydrogen-bond acceptors (Lipinski definition) is 3. The van der Waals surface area contributed by atoms with Crippen LogP contribution in [0.4, 0.5) is 0 Å². The lowest BCUT2D eigenvalue weighted by molar-refractivity contribution is -0.129. The molecule has 0 aromatic heterocycles. The van der Waals surface area contributed by atoms with Crippen LogP contribution in [0.5, 0.6) is 0 Å². The van der Waals surface area contributed by atoms with E-state index in [1.54, 1.807) is 11.9 Å². The van der Waals surface area contributed by atoms with Gasteiger partial charge in [0.25, 0.3) is 0 Å². The summed E-state index contributed by atoms with van der Waals surface area (Å²) in [6, 6.07) is 9.84.